The third-order valence-electron chi connectivity index (χ3n) is 2.84. The number of carboxylic acid groups (broad SMARTS) is 1. The molecule has 1 rings (SSSR count). The Hall–Kier alpha value is -0.900. The molecule has 0 aromatic rings. The molecule has 1 saturated heterocycles. The van der Waals surface area contributed by atoms with Gasteiger partial charge in [-0.15, -0.1) is 0 Å². The number of hydrogen-bond acceptors (Lipinski definition) is 3. The van der Waals surface area contributed by atoms with Crippen molar-refractivity contribution in [2.45, 2.75) is 32.8 Å². The Morgan fingerprint density at radius 1 is 1.36 bits per heavy atom. The first-order chi connectivity index (χ1) is 6.54. The molecular weight excluding hydrogens is 184 g/mol. The van der Waals surface area contributed by atoms with Gasteiger partial charge in [-0.05, 0) is 12.8 Å². The number of Topliss-reactive ketones (excluding diaryl/α,β-unsaturated/α-hetero) is 1. The summed E-state index contributed by atoms with van der Waals surface area (Å²) >= 11 is 0. The molecule has 1 fully saturated rings. The summed E-state index contributed by atoms with van der Waals surface area (Å²) in [6.07, 6.45) is 1.26. The molecule has 1 heterocycles. The van der Waals surface area contributed by atoms with Gasteiger partial charge in [-0.1, -0.05) is 13.8 Å². The van der Waals surface area contributed by atoms with Crippen LogP contribution in [0.2, 0.25) is 0 Å². The van der Waals surface area contributed by atoms with Crippen LogP contribution in [0.3, 0.4) is 0 Å². The van der Waals surface area contributed by atoms with E-state index in [-0.39, 0.29) is 11.9 Å². The van der Waals surface area contributed by atoms with E-state index in [1.165, 1.54) is 0 Å². The van der Waals surface area contributed by atoms with E-state index in [9.17, 15) is 9.59 Å². The lowest BCUT2D eigenvalue weighted by molar-refractivity contribution is -0.147. The third-order valence-corrected chi connectivity index (χ3v) is 2.84. The molecule has 4 heteroatoms. The highest BCUT2D eigenvalue weighted by molar-refractivity contribution is 5.89. The molecular formula is C10H16O4. The summed E-state index contributed by atoms with van der Waals surface area (Å²) in [6, 6.07) is 0. The lowest BCUT2D eigenvalue weighted by atomic mass is 9.89. The number of ether oxygens (including phenoxy) is 1. The number of carbonyl (C=O) groups is 2. The molecule has 1 N–H and O–H groups in total. The van der Waals surface area contributed by atoms with Crippen molar-refractivity contribution in [3.63, 3.8) is 0 Å². The number of hydrogen-bond donors (Lipinski definition) is 1. The Morgan fingerprint density at radius 2 is 2.00 bits per heavy atom. The van der Waals surface area contributed by atoms with Gasteiger partial charge < -0.3 is 9.84 Å². The van der Waals surface area contributed by atoms with E-state index in [2.05, 4.69) is 0 Å². The van der Waals surface area contributed by atoms with Crippen molar-refractivity contribution < 1.29 is 19.4 Å². The summed E-state index contributed by atoms with van der Waals surface area (Å²) in [5.41, 5.74) is 0. The fraction of sp³-hybridized carbons (Fsp3) is 0.800. The summed E-state index contributed by atoms with van der Waals surface area (Å²) < 4.78 is 5.22. The van der Waals surface area contributed by atoms with Crippen LogP contribution in [-0.4, -0.2) is 29.6 Å². The zero-order valence-electron chi connectivity index (χ0n) is 8.53. The van der Waals surface area contributed by atoms with Crippen molar-refractivity contribution in [3.05, 3.63) is 0 Å². The first-order valence-electron chi connectivity index (χ1n) is 4.92. The summed E-state index contributed by atoms with van der Waals surface area (Å²) in [6.45, 7) is 3.83. The molecule has 0 aliphatic carbocycles. The standard InChI is InChI=1S/C10H16O4/c1-6(7(2)10(12)13)9(11)8-4-3-5-14-8/h6-8H,3-5H2,1-2H3,(H,12,13). The second-order valence-electron chi connectivity index (χ2n) is 3.82. The fourth-order valence-electron chi connectivity index (χ4n) is 1.56. The molecule has 80 valence electrons. The molecule has 0 aromatic carbocycles. The van der Waals surface area contributed by atoms with Gasteiger partial charge in [0, 0.05) is 12.5 Å². The molecule has 4 nitrogen and oxygen atoms in total. The summed E-state index contributed by atoms with van der Waals surface area (Å²) in [7, 11) is 0. The number of carbonyl (C=O) groups excluding carboxylic acids is 1. The zero-order valence-corrected chi connectivity index (χ0v) is 8.53. The average Bonchev–Trinajstić information content (AvgIpc) is 2.67. The summed E-state index contributed by atoms with van der Waals surface area (Å²) in [5.74, 6) is -2.09. The van der Waals surface area contributed by atoms with Gasteiger partial charge in [0.2, 0.25) is 0 Å². The topological polar surface area (TPSA) is 63.6 Å². The van der Waals surface area contributed by atoms with Crippen molar-refractivity contribution in [3.8, 4) is 0 Å². The number of rotatable bonds is 4. The number of ketones is 1. The lowest BCUT2D eigenvalue weighted by Crippen LogP contribution is -2.32. The van der Waals surface area contributed by atoms with Crippen molar-refractivity contribution in [1.82, 2.24) is 0 Å². The Morgan fingerprint density at radius 3 is 2.43 bits per heavy atom. The average molecular weight is 200 g/mol. The maximum absolute atomic E-state index is 11.7. The van der Waals surface area contributed by atoms with Crippen molar-refractivity contribution in [1.29, 1.82) is 0 Å². The molecule has 0 amide bonds. The minimum Gasteiger partial charge on any atom is -0.481 e. The van der Waals surface area contributed by atoms with Crippen LogP contribution in [0.4, 0.5) is 0 Å². The van der Waals surface area contributed by atoms with Gasteiger partial charge in [-0.2, -0.15) is 0 Å². The smallest absolute Gasteiger partial charge is 0.306 e. The van der Waals surface area contributed by atoms with Crippen LogP contribution in [0.5, 0.6) is 0 Å². The predicted molar refractivity (Wildman–Crippen MR) is 49.9 cm³/mol. The maximum Gasteiger partial charge on any atom is 0.306 e. The van der Waals surface area contributed by atoms with E-state index in [0.717, 1.165) is 12.8 Å². The van der Waals surface area contributed by atoms with E-state index in [1.807, 2.05) is 0 Å². The number of carboxylic acids is 1. The molecule has 0 saturated carbocycles. The van der Waals surface area contributed by atoms with Crippen molar-refractivity contribution >= 4 is 11.8 Å². The maximum atomic E-state index is 11.7. The summed E-state index contributed by atoms with van der Waals surface area (Å²) in [5, 5.41) is 8.75. The van der Waals surface area contributed by atoms with E-state index >= 15 is 0 Å². The number of aliphatic carboxylic acids is 1. The minimum atomic E-state index is -0.927. The molecule has 1 aliphatic rings. The van der Waals surface area contributed by atoms with E-state index in [4.69, 9.17) is 9.84 Å². The summed E-state index contributed by atoms with van der Waals surface area (Å²) in [4.78, 5) is 22.4. The first kappa shape index (κ1) is 11.2. The molecule has 14 heavy (non-hydrogen) atoms. The molecule has 0 bridgehead atoms. The van der Waals surface area contributed by atoms with Crippen LogP contribution in [0.25, 0.3) is 0 Å². The normalized spacial score (nSPS) is 25.7. The highest BCUT2D eigenvalue weighted by Gasteiger charge is 2.33. The van der Waals surface area contributed by atoms with Gasteiger partial charge in [0.05, 0.1) is 5.92 Å². The van der Waals surface area contributed by atoms with E-state index < -0.39 is 17.8 Å². The highest BCUT2D eigenvalue weighted by atomic mass is 16.5. The van der Waals surface area contributed by atoms with Gasteiger partial charge in [0.1, 0.15) is 6.10 Å². The van der Waals surface area contributed by atoms with Crippen molar-refractivity contribution in [2.75, 3.05) is 6.61 Å². The molecule has 3 atom stereocenters. The largest absolute Gasteiger partial charge is 0.481 e. The van der Waals surface area contributed by atoms with E-state index in [0.29, 0.717) is 6.61 Å². The molecule has 3 unspecified atom stereocenters. The van der Waals surface area contributed by atoms with Gasteiger partial charge >= 0.3 is 5.97 Å². The Kier molecular flexibility index (Phi) is 3.63. The van der Waals surface area contributed by atoms with Gasteiger partial charge in [-0.25, -0.2) is 0 Å². The lowest BCUT2D eigenvalue weighted by Gasteiger charge is -2.18. The van der Waals surface area contributed by atoms with Crippen LogP contribution in [0.1, 0.15) is 26.7 Å². The third kappa shape index (κ3) is 2.32. The molecule has 0 radical (unpaired) electrons. The highest BCUT2D eigenvalue weighted by Crippen LogP contribution is 2.21. The van der Waals surface area contributed by atoms with Crippen molar-refractivity contribution in [2.24, 2.45) is 11.8 Å². The molecule has 1 aliphatic heterocycles. The van der Waals surface area contributed by atoms with Gasteiger partial charge in [-0.3, -0.25) is 9.59 Å². The second kappa shape index (κ2) is 4.55. The van der Waals surface area contributed by atoms with Gasteiger partial charge in [0.15, 0.2) is 5.78 Å². The molecule has 0 aromatic heterocycles. The van der Waals surface area contributed by atoms with E-state index in [1.54, 1.807) is 13.8 Å². The second-order valence-corrected chi connectivity index (χ2v) is 3.82. The van der Waals surface area contributed by atoms with Crippen LogP contribution in [0.15, 0.2) is 0 Å². The van der Waals surface area contributed by atoms with Crippen LogP contribution >= 0.6 is 0 Å². The Bertz CT molecular complexity index is 230. The SMILES string of the molecule is CC(C(=O)O)C(C)C(=O)C1CCCO1. The minimum absolute atomic E-state index is 0.0719. The monoisotopic (exact) mass is 200 g/mol. The quantitative estimate of drug-likeness (QED) is 0.737. The first-order valence-corrected chi connectivity index (χ1v) is 4.92. The fourth-order valence-corrected chi connectivity index (χ4v) is 1.56. The van der Waals surface area contributed by atoms with Crippen LogP contribution < -0.4 is 0 Å². The Balaban J connectivity index is 2.54. The predicted octanol–water partition coefficient (Wildman–Crippen LogP) is 1.09. The van der Waals surface area contributed by atoms with Gasteiger partial charge in [0.25, 0.3) is 0 Å². The zero-order chi connectivity index (χ0) is 10.7. The Labute approximate surface area is 83.2 Å². The molecule has 0 spiro atoms. The van der Waals surface area contributed by atoms with Crippen LogP contribution in [0, 0.1) is 11.8 Å². The van der Waals surface area contributed by atoms with Crippen LogP contribution in [-0.2, 0) is 14.3 Å².